The Balaban J connectivity index is 2.25. The summed E-state index contributed by atoms with van der Waals surface area (Å²) in [7, 11) is 0. The van der Waals surface area contributed by atoms with Gasteiger partial charge in [-0.25, -0.2) is 0 Å². The summed E-state index contributed by atoms with van der Waals surface area (Å²) < 4.78 is 14.0. The number of nitrogens with zero attached hydrogens (tertiary/aromatic N) is 3. The molecule has 86 valence electrons. The molecule has 1 unspecified atom stereocenters. The van der Waals surface area contributed by atoms with E-state index in [1.807, 2.05) is 19.1 Å². The van der Waals surface area contributed by atoms with Gasteiger partial charge in [0, 0.05) is 18.0 Å². The van der Waals surface area contributed by atoms with Gasteiger partial charge in [0.25, 0.3) is 5.88 Å². The Kier molecular flexibility index (Phi) is 3.68. The second kappa shape index (κ2) is 5.41. The summed E-state index contributed by atoms with van der Waals surface area (Å²) in [5.41, 5.74) is 1.61. The highest BCUT2D eigenvalue weighted by Gasteiger charge is 2.13. The lowest BCUT2D eigenvalue weighted by Crippen LogP contribution is -2.09. The maximum Gasteiger partial charge on any atom is 0.255 e. The zero-order valence-corrected chi connectivity index (χ0v) is 10.4. The summed E-state index contributed by atoms with van der Waals surface area (Å²) in [4.78, 5) is 4.05. The van der Waals surface area contributed by atoms with Gasteiger partial charge in [-0.1, -0.05) is 5.92 Å². The SMILES string of the molecule is CC#CC(C)Oc1nsnc1-c1cccnc1. The Morgan fingerprint density at radius 1 is 1.41 bits per heavy atom. The van der Waals surface area contributed by atoms with Crippen molar-refractivity contribution in [2.24, 2.45) is 0 Å². The van der Waals surface area contributed by atoms with E-state index in [4.69, 9.17) is 4.74 Å². The highest BCUT2D eigenvalue weighted by molar-refractivity contribution is 6.99. The quantitative estimate of drug-likeness (QED) is 0.779. The van der Waals surface area contributed by atoms with Gasteiger partial charge in [-0.05, 0) is 26.0 Å². The molecule has 0 aliphatic carbocycles. The third kappa shape index (κ3) is 2.80. The smallest absolute Gasteiger partial charge is 0.255 e. The number of aromatic nitrogens is 3. The van der Waals surface area contributed by atoms with E-state index < -0.39 is 0 Å². The maximum atomic E-state index is 5.62. The minimum Gasteiger partial charge on any atom is -0.459 e. The van der Waals surface area contributed by atoms with Crippen molar-refractivity contribution >= 4 is 11.7 Å². The average molecular weight is 245 g/mol. The molecule has 1 atom stereocenters. The molecule has 2 aromatic heterocycles. The van der Waals surface area contributed by atoms with E-state index in [0.717, 1.165) is 17.3 Å². The summed E-state index contributed by atoms with van der Waals surface area (Å²) in [5, 5.41) is 0. The summed E-state index contributed by atoms with van der Waals surface area (Å²) in [6, 6.07) is 3.78. The van der Waals surface area contributed by atoms with Crippen molar-refractivity contribution in [2.75, 3.05) is 0 Å². The first-order valence-electron chi connectivity index (χ1n) is 5.13. The van der Waals surface area contributed by atoms with Crippen LogP contribution in [0.5, 0.6) is 5.88 Å². The molecule has 5 heteroatoms. The van der Waals surface area contributed by atoms with Crippen LogP contribution >= 0.6 is 11.7 Å². The molecule has 0 aliphatic rings. The Bertz CT molecular complexity index is 542. The van der Waals surface area contributed by atoms with Crippen molar-refractivity contribution in [3.05, 3.63) is 24.5 Å². The van der Waals surface area contributed by atoms with E-state index in [-0.39, 0.29) is 6.10 Å². The van der Waals surface area contributed by atoms with Crippen molar-refractivity contribution in [2.45, 2.75) is 20.0 Å². The lowest BCUT2D eigenvalue weighted by molar-refractivity contribution is 0.271. The summed E-state index contributed by atoms with van der Waals surface area (Å²) in [6.45, 7) is 3.66. The molecular formula is C12H11N3OS. The molecule has 0 saturated heterocycles. The topological polar surface area (TPSA) is 47.9 Å². The van der Waals surface area contributed by atoms with Crippen molar-refractivity contribution in [3.63, 3.8) is 0 Å². The van der Waals surface area contributed by atoms with Gasteiger partial charge < -0.3 is 4.74 Å². The van der Waals surface area contributed by atoms with Crippen LogP contribution in [0.2, 0.25) is 0 Å². The largest absolute Gasteiger partial charge is 0.459 e. The molecule has 0 saturated carbocycles. The van der Waals surface area contributed by atoms with E-state index in [1.165, 1.54) is 0 Å². The van der Waals surface area contributed by atoms with Crippen LogP contribution in [0.3, 0.4) is 0 Å². The van der Waals surface area contributed by atoms with Gasteiger partial charge in [-0.2, -0.15) is 4.37 Å². The highest BCUT2D eigenvalue weighted by atomic mass is 32.1. The number of hydrogen-bond donors (Lipinski definition) is 0. The van der Waals surface area contributed by atoms with E-state index in [0.29, 0.717) is 11.6 Å². The Labute approximate surface area is 104 Å². The molecular weight excluding hydrogens is 234 g/mol. The van der Waals surface area contributed by atoms with Gasteiger partial charge >= 0.3 is 0 Å². The minimum atomic E-state index is -0.195. The number of ether oxygens (including phenoxy) is 1. The van der Waals surface area contributed by atoms with Gasteiger partial charge in [0.2, 0.25) is 0 Å². The zero-order valence-electron chi connectivity index (χ0n) is 9.54. The van der Waals surface area contributed by atoms with Crippen LogP contribution in [0.4, 0.5) is 0 Å². The Morgan fingerprint density at radius 3 is 3.00 bits per heavy atom. The van der Waals surface area contributed by atoms with E-state index in [1.54, 1.807) is 19.3 Å². The lowest BCUT2D eigenvalue weighted by atomic mass is 10.2. The molecule has 0 fully saturated rings. The molecule has 2 heterocycles. The lowest BCUT2D eigenvalue weighted by Gasteiger charge is -2.06. The van der Waals surface area contributed by atoms with Gasteiger partial charge in [-0.15, -0.1) is 10.3 Å². The maximum absolute atomic E-state index is 5.62. The third-order valence-corrected chi connectivity index (χ3v) is 2.54. The third-order valence-electron chi connectivity index (χ3n) is 2.03. The normalized spacial score (nSPS) is 11.4. The molecule has 0 N–H and O–H groups in total. The number of rotatable bonds is 3. The summed E-state index contributed by atoms with van der Waals surface area (Å²) >= 11 is 1.12. The zero-order chi connectivity index (χ0) is 12.1. The van der Waals surface area contributed by atoms with Crippen LogP contribution in [0, 0.1) is 11.8 Å². The van der Waals surface area contributed by atoms with Crippen LogP contribution in [0.15, 0.2) is 24.5 Å². The first-order chi connectivity index (χ1) is 8.31. The molecule has 0 bridgehead atoms. The van der Waals surface area contributed by atoms with Crippen LogP contribution in [0.25, 0.3) is 11.3 Å². The monoisotopic (exact) mass is 245 g/mol. The number of hydrogen-bond acceptors (Lipinski definition) is 5. The second-order valence-electron chi connectivity index (χ2n) is 3.31. The Morgan fingerprint density at radius 2 is 2.29 bits per heavy atom. The van der Waals surface area contributed by atoms with E-state index >= 15 is 0 Å². The summed E-state index contributed by atoms with van der Waals surface area (Å²) in [5.74, 6) is 6.23. The summed E-state index contributed by atoms with van der Waals surface area (Å²) in [6.07, 6.45) is 3.26. The van der Waals surface area contributed by atoms with Crippen molar-refractivity contribution in [1.82, 2.24) is 13.7 Å². The first kappa shape index (κ1) is 11.6. The van der Waals surface area contributed by atoms with E-state index in [2.05, 4.69) is 25.6 Å². The molecule has 0 aromatic carbocycles. The average Bonchev–Trinajstić information content (AvgIpc) is 2.78. The van der Waals surface area contributed by atoms with Crippen LogP contribution in [-0.4, -0.2) is 19.8 Å². The Hall–Kier alpha value is -1.93. The number of pyridine rings is 1. The van der Waals surface area contributed by atoms with Crippen molar-refractivity contribution < 1.29 is 4.74 Å². The van der Waals surface area contributed by atoms with Gasteiger partial charge in [-0.3, -0.25) is 4.98 Å². The minimum absolute atomic E-state index is 0.195. The van der Waals surface area contributed by atoms with E-state index in [9.17, 15) is 0 Å². The van der Waals surface area contributed by atoms with Crippen molar-refractivity contribution in [3.8, 4) is 29.0 Å². The predicted octanol–water partition coefficient (Wildman–Crippen LogP) is 2.39. The molecule has 0 spiro atoms. The van der Waals surface area contributed by atoms with Crippen LogP contribution in [0.1, 0.15) is 13.8 Å². The molecule has 0 radical (unpaired) electrons. The van der Waals surface area contributed by atoms with Gasteiger partial charge in [0.1, 0.15) is 5.69 Å². The molecule has 0 aliphatic heterocycles. The fourth-order valence-electron chi connectivity index (χ4n) is 1.34. The molecule has 2 rings (SSSR count). The van der Waals surface area contributed by atoms with Crippen LogP contribution in [-0.2, 0) is 0 Å². The van der Waals surface area contributed by atoms with Gasteiger partial charge in [0.05, 0.1) is 11.7 Å². The standard InChI is InChI=1S/C12H11N3OS/c1-3-5-9(2)16-12-11(14-17-15-12)10-6-4-7-13-8-10/h4,6-9H,1-2H3. The molecule has 17 heavy (non-hydrogen) atoms. The fourth-order valence-corrected chi connectivity index (χ4v) is 1.85. The van der Waals surface area contributed by atoms with Crippen molar-refractivity contribution in [1.29, 1.82) is 0 Å². The van der Waals surface area contributed by atoms with Gasteiger partial charge in [0.15, 0.2) is 6.10 Å². The highest BCUT2D eigenvalue weighted by Crippen LogP contribution is 2.27. The molecule has 2 aromatic rings. The molecule has 0 amide bonds. The second-order valence-corrected chi connectivity index (χ2v) is 3.84. The predicted molar refractivity (Wildman–Crippen MR) is 66.7 cm³/mol. The molecule has 4 nitrogen and oxygen atoms in total. The fraction of sp³-hybridized carbons (Fsp3) is 0.250. The van der Waals surface area contributed by atoms with Crippen LogP contribution < -0.4 is 4.74 Å². The first-order valence-corrected chi connectivity index (χ1v) is 5.86.